The minimum atomic E-state index is 0.570. The van der Waals surface area contributed by atoms with Crippen molar-refractivity contribution in [2.24, 2.45) is 12.9 Å². The van der Waals surface area contributed by atoms with E-state index in [9.17, 15) is 0 Å². The second-order valence-electron chi connectivity index (χ2n) is 3.84. The molecular weight excluding hydrogens is 232 g/mol. The number of rotatable bonds is 5. The summed E-state index contributed by atoms with van der Waals surface area (Å²) in [6.45, 7) is 0.570. The van der Waals surface area contributed by atoms with Gasteiger partial charge in [-0.15, -0.1) is 0 Å². The first-order valence-corrected chi connectivity index (χ1v) is 5.55. The van der Waals surface area contributed by atoms with E-state index < -0.39 is 0 Å². The number of nitrogen functional groups attached to an aromatic ring is 1. The number of nitrogens with two attached hydrogens (primary N) is 1. The molecule has 7 nitrogen and oxygen atoms in total. The summed E-state index contributed by atoms with van der Waals surface area (Å²) in [6, 6.07) is 1.79. The Labute approximate surface area is 105 Å². The largest absolute Gasteiger partial charge is 0.384 e. The Kier molecular flexibility index (Phi) is 3.85. The van der Waals surface area contributed by atoms with E-state index in [1.165, 1.54) is 0 Å². The van der Waals surface area contributed by atoms with Gasteiger partial charge in [-0.2, -0.15) is 5.10 Å². The molecule has 2 aromatic heterocycles. The topological polar surface area (TPSA) is 90.9 Å². The van der Waals surface area contributed by atoms with Crippen molar-refractivity contribution in [2.75, 3.05) is 19.1 Å². The summed E-state index contributed by atoms with van der Waals surface area (Å²) >= 11 is 0. The number of hydrazine groups is 1. The van der Waals surface area contributed by atoms with E-state index in [4.69, 9.17) is 10.6 Å². The highest BCUT2D eigenvalue weighted by Gasteiger charge is 2.07. The molecule has 0 spiro atoms. The van der Waals surface area contributed by atoms with Crippen LogP contribution < -0.4 is 11.3 Å². The molecule has 0 amide bonds. The van der Waals surface area contributed by atoms with Gasteiger partial charge in [0, 0.05) is 38.4 Å². The predicted molar refractivity (Wildman–Crippen MR) is 67.6 cm³/mol. The van der Waals surface area contributed by atoms with Crippen LogP contribution in [0.25, 0.3) is 11.3 Å². The highest BCUT2D eigenvalue weighted by atomic mass is 16.5. The van der Waals surface area contributed by atoms with Crippen molar-refractivity contribution in [3.05, 3.63) is 24.3 Å². The number of aryl methyl sites for hydroxylation is 1. The Morgan fingerprint density at radius 1 is 1.44 bits per heavy atom. The Bertz CT molecular complexity index is 524. The number of nitrogens with zero attached hydrogens (tertiary/aromatic N) is 4. The normalized spacial score (nSPS) is 10.6. The van der Waals surface area contributed by atoms with Crippen LogP contribution in [-0.4, -0.2) is 33.5 Å². The lowest BCUT2D eigenvalue weighted by Crippen LogP contribution is -2.11. The SMILES string of the molecule is COCCc1nc(NN)cc(-c2cnn(C)c2)n1. The third-order valence-electron chi connectivity index (χ3n) is 2.45. The van der Waals surface area contributed by atoms with E-state index in [-0.39, 0.29) is 0 Å². The second-order valence-corrected chi connectivity index (χ2v) is 3.84. The van der Waals surface area contributed by atoms with Gasteiger partial charge in [-0.05, 0) is 0 Å². The van der Waals surface area contributed by atoms with Crippen molar-refractivity contribution in [2.45, 2.75) is 6.42 Å². The molecule has 0 radical (unpaired) electrons. The zero-order valence-corrected chi connectivity index (χ0v) is 10.4. The monoisotopic (exact) mass is 248 g/mol. The maximum atomic E-state index is 5.41. The predicted octanol–water partition coefficient (Wildman–Crippen LogP) is 0.352. The average Bonchev–Trinajstić information content (AvgIpc) is 2.82. The van der Waals surface area contributed by atoms with E-state index in [1.54, 1.807) is 24.1 Å². The van der Waals surface area contributed by atoms with Gasteiger partial charge in [-0.25, -0.2) is 15.8 Å². The summed E-state index contributed by atoms with van der Waals surface area (Å²) in [5.41, 5.74) is 4.26. The van der Waals surface area contributed by atoms with E-state index in [0.29, 0.717) is 24.7 Å². The van der Waals surface area contributed by atoms with Crippen molar-refractivity contribution in [1.29, 1.82) is 0 Å². The zero-order valence-electron chi connectivity index (χ0n) is 10.4. The molecule has 2 aromatic rings. The van der Waals surface area contributed by atoms with Gasteiger partial charge in [-0.3, -0.25) is 4.68 Å². The van der Waals surface area contributed by atoms with Crippen molar-refractivity contribution in [3.63, 3.8) is 0 Å². The van der Waals surface area contributed by atoms with Crippen molar-refractivity contribution < 1.29 is 4.74 Å². The Morgan fingerprint density at radius 3 is 2.89 bits per heavy atom. The van der Waals surface area contributed by atoms with E-state index in [1.807, 2.05) is 13.2 Å². The minimum Gasteiger partial charge on any atom is -0.384 e. The zero-order chi connectivity index (χ0) is 13.0. The van der Waals surface area contributed by atoms with Gasteiger partial charge in [0.05, 0.1) is 18.5 Å². The Hall–Kier alpha value is -1.99. The van der Waals surface area contributed by atoms with Crippen LogP contribution >= 0.6 is 0 Å². The van der Waals surface area contributed by atoms with Crippen LogP contribution in [0.1, 0.15) is 5.82 Å². The number of hydrogen-bond acceptors (Lipinski definition) is 6. The number of hydrogen-bond donors (Lipinski definition) is 2. The molecule has 0 atom stereocenters. The molecule has 2 rings (SSSR count). The molecule has 0 fully saturated rings. The number of anilines is 1. The smallest absolute Gasteiger partial charge is 0.144 e. The lowest BCUT2D eigenvalue weighted by molar-refractivity contribution is 0.200. The average molecular weight is 248 g/mol. The molecule has 7 heteroatoms. The van der Waals surface area contributed by atoms with Crippen molar-refractivity contribution >= 4 is 5.82 Å². The second kappa shape index (κ2) is 5.56. The minimum absolute atomic E-state index is 0.570. The molecular formula is C11H16N6O. The van der Waals surface area contributed by atoms with E-state index >= 15 is 0 Å². The first kappa shape index (κ1) is 12.5. The van der Waals surface area contributed by atoms with Gasteiger partial charge in [0.1, 0.15) is 11.6 Å². The number of aromatic nitrogens is 4. The summed E-state index contributed by atoms with van der Waals surface area (Å²) < 4.78 is 6.74. The maximum Gasteiger partial charge on any atom is 0.144 e. The fourth-order valence-corrected chi connectivity index (χ4v) is 1.58. The molecule has 0 aromatic carbocycles. The first-order valence-electron chi connectivity index (χ1n) is 5.55. The molecule has 0 unspecified atom stereocenters. The summed E-state index contributed by atoms with van der Waals surface area (Å²) in [6.07, 6.45) is 4.28. The molecule has 0 bridgehead atoms. The van der Waals surface area contributed by atoms with Crippen molar-refractivity contribution in [3.8, 4) is 11.3 Å². The Morgan fingerprint density at radius 2 is 2.28 bits per heavy atom. The van der Waals surface area contributed by atoms with Crippen LogP contribution in [0.15, 0.2) is 18.5 Å². The van der Waals surface area contributed by atoms with Gasteiger partial charge in [0.2, 0.25) is 0 Å². The van der Waals surface area contributed by atoms with E-state index in [0.717, 1.165) is 11.3 Å². The molecule has 0 aliphatic carbocycles. The van der Waals surface area contributed by atoms with Crippen LogP contribution in [0.3, 0.4) is 0 Å². The number of ether oxygens (including phenoxy) is 1. The summed E-state index contributed by atoms with van der Waals surface area (Å²) in [5, 5.41) is 4.12. The summed E-state index contributed by atoms with van der Waals surface area (Å²) in [4.78, 5) is 8.73. The quantitative estimate of drug-likeness (QED) is 0.586. The van der Waals surface area contributed by atoms with Gasteiger partial charge in [0.15, 0.2) is 0 Å². The van der Waals surface area contributed by atoms with E-state index in [2.05, 4.69) is 20.5 Å². The third-order valence-corrected chi connectivity index (χ3v) is 2.45. The Balaban J connectivity index is 2.34. The maximum absolute atomic E-state index is 5.41. The summed E-state index contributed by atoms with van der Waals surface area (Å²) in [5.74, 6) is 6.67. The van der Waals surface area contributed by atoms with Crippen LogP contribution in [0.4, 0.5) is 5.82 Å². The van der Waals surface area contributed by atoms with Gasteiger partial charge in [-0.1, -0.05) is 0 Å². The van der Waals surface area contributed by atoms with Crippen LogP contribution in [0.5, 0.6) is 0 Å². The fraction of sp³-hybridized carbons (Fsp3) is 0.364. The van der Waals surface area contributed by atoms with Gasteiger partial charge in [0.25, 0.3) is 0 Å². The third kappa shape index (κ3) is 2.82. The molecule has 18 heavy (non-hydrogen) atoms. The lowest BCUT2D eigenvalue weighted by Gasteiger charge is -2.06. The summed E-state index contributed by atoms with van der Waals surface area (Å²) in [7, 11) is 3.51. The first-order chi connectivity index (χ1) is 8.72. The van der Waals surface area contributed by atoms with Crippen LogP contribution in [0, 0.1) is 0 Å². The standard InChI is InChI=1S/C11H16N6O/c1-17-7-8(6-13-17)9-5-11(16-12)15-10(14-9)3-4-18-2/h5-7H,3-4,12H2,1-2H3,(H,14,15,16). The highest BCUT2D eigenvalue weighted by Crippen LogP contribution is 2.18. The molecule has 2 heterocycles. The van der Waals surface area contributed by atoms with Crippen LogP contribution in [-0.2, 0) is 18.2 Å². The van der Waals surface area contributed by atoms with Gasteiger partial charge >= 0.3 is 0 Å². The highest BCUT2D eigenvalue weighted by molar-refractivity contribution is 5.60. The molecule has 0 saturated carbocycles. The molecule has 3 N–H and O–H groups in total. The molecule has 0 aliphatic heterocycles. The van der Waals surface area contributed by atoms with Crippen LogP contribution in [0.2, 0.25) is 0 Å². The van der Waals surface area contributed by atoms with Gasteiger partial charge < -0.3 is 10.2 Å². The number of methoxy groups -OCH3 is 1. The van der Waals surface area contributed by atoms with Crippen molar-refractivity contribution in [1.82, 2.24) is 19.7 Å². The lowest BCUT2D eigenvalue weighted by atomic mass is 10.2. The molecule has 0 saturated heterocycles. The number of nitrogens with one attached hydrogen (secondary N) is 1. The fourth-order valence-electron chi connectivity index (χ4n) is 1.58. The molecule has 96 valence electrons. The molecule has 0 aliphatic rings.